The second-order valence-electron chi connectivity index (χ2n) is 7.13. The molecule has 2 aromatic carbocycles. The fraction of sp³-hybridized carbons (Fsp3) is 0.391. The molecule has 0 radical (unpaired) electrons. The van der Waals surface area contributed by atoms with Crippen LogP contribution in [0.25, 0.3) is 0 Å². The smallest absolute Gasteiger partial charge is 0.254 e. The SMILES string of the molecule is CCN(CC(=O)N1CCc2ccccc2C1C)C(=O)c1cc(OC)cc(OC)c1. The molecule has 1 unspecified atom stereocenters. The van der Waals surface area contributed by atoms with Gasteiger partial charge in [-0.1, -0.05) is 24.3 Å². The monoisotopic (exact) mass is 396 g/mol. The molecule has 0 aliphatic carbocycles. The van der Waals surface area contributed by atoms with Crippen LogP contribution in [0.4, 0.5) is 0 Å². The number of ether oxygens (including phenoxy) is 2. The van der Waals surface area contributed by atoms with E-state index in [1.165, 1.54) is 11.1 Å². The Labute approximate surface area is 172 Å². The number of likely N-dealkylation sites (N-methyl/N-ethyl adjacent to an activating group) is 1. The maximum Gasteiger partial charge on any atom is 0.254 e. The lowest BCUT2D eigenvalue weighted by Gasteiger charge is -2.36. The van der Waals surface area contributed by atoms with Gasteiger partial charge in [-0.05, 0) is 43.5 Å². The van der Waals surface area contributed by atoms with Crippen molar-refractivity contribution in [2.75, 3.05) is 33.9 Å². The highest BCUT2D eigenvalue weighted by Gasteiger charge is 2.29. The minimum absolute atomic E-state index is 0.00169. The van der Waals surface area contributed by atoms with Crippen LogP contribution in [-0.2, 0) is 11.2 Å². The molecule has 0 N–H and O–H groups in total. The Morgan fingerprint density at radius 3 is 2.38 bits per heavy atom. The van der Waals surface area contributed by atoms with Crippen LogP contribution in [0, 0.1) is 0 Å². The molecule has 0 aromatic heterocycles. The van der Waals surface area contributed by atoms with E-state index in [1.807, 2.05) is 30.9 Å². The minimum atomic E-state index is -0.219. The van der Waals surface area contributed by atoms with Crippen molar-refractivity contribution in [1.82, 2.24) is 9.80 Å². The lowest BCUT2D eigenvalue weighted by atomic mass is 9.93. The van der Waals surface area contributed by atoms with Gasteiger partial charge in [-0.15, -0.1) is 0 Å². The number of carbonyl (C=O) groups is 2. The Morgan fingerprint density at radius 2 is 1.76 bits per heavy atom. The molecule has 0 spiro atoms. The molecule has 0 saturated carbocycles. The molecular formula is C23H28N2O4. The van der Waals surface area contributed by atoms with Gasteiger partial charge in [-0.2, -0.15) is 0 Å². The third-order valence-corrected chi connectivity index (χ3v) is 5.51. The second kappa shape index (κ2) is 8.99. The molecule has 0 bridgehead atoms. The number of hydrogen-bond acceptors (Lipinski definition) is 4. The molecule has 1 aliphatic rings. The summed E-state index contributed by atoms with van der Waals surface area (Å²) >= 11 is 0. The van der Waals surface area contributed by atoms with Crippen LogP contribution in [0.5, 0.6) is 11.5 Å². The molecule has 0 fully saturated rings. The van der Waals surface area contributed by atoms with Crippen molar-refractivity contribution < 1.29 is 19.1 Å². The quantitative estimate of drug-likeness (QED) is 0.752. The summed E-state index contributed by atoms with van der Waals surface area (Å²) in [5, 5.41) is 0. The van der Waals surface area contributed by atoms with Gasteiger partial charge in [-0.3, -0.25) is 9.59 Å². The van der Waals surface area contributed by atoms with E-state index in [2.05, 4.69) is 12.1 Å². The summed E-state index contributed by atoms with van der Waals surface area (Å²) in [7, 11) is 3.08. The first-order valence-electron chi connectivity index (χ1n) is 9.88. The normalized spacial score (nSPS) is 15.4. The van der Waals surface area contributed by atoms with E-state index in [-0.39, 0.29) is 24.4 Å². The van der Waals surface area contributed by atoms with Crippen LogP contribution in [0.2, 0.25) is 0 Å². The van der Waals surface area contributed by atoms with Crippen molar-refractivity contribution in [3.05, 3.63) is 59.2 Å². The van der Waals surface area contributed by atoms with Gasteiger partial charge in [0.05, 0.1) is 20.3 Å². The molecular weight excluding hydrogens is 368 g/mol. The topological polar surface area (TPSA) is 59.1 Å². The van der Waals surface area contributed by atoms with Crippen LogP contribution < -0.4 is 9.47 Å². The third kappa shape index (κ3) is 4.36. The van der Waals surface area contributed by atoms with Gasteiger partial charge in [-0.25, -0.2) is 0 Å². The van der Waals surface area contributed by atoms with Gasteiger partial charge in [0.25, 0.3) is 5.91 Å². The number of rotatable bonds is 6. The summed E-state index contributed by atoms with van der Waals surface area (Å²) in [6.07, 6.45) is 0.833. The fourth-order valence-corrected chi connectivity index (χ4v) is 3.81. The van der Waals surface area contributed by atoms with Gasteiger partial charge in [0.15, 0.2) is 0 Å². The molecule has 3 rings (SSSR count). The predicted molar refractivity (Wildman–Crippen MR) is 111 cm³/mol. The molecule has 1 heterocycles. The van der Waals surface area contributed by atoms with Crippen molar-refractivity contribution in [3.8, 4) is 11.5 Å². The fourth-order valence-electron chi connectivity index (χ4n) is 3.81. The zero-order valence-electron chi connectivity index (χ0n) is 17.5. The molecule has 2 aromatic rings. The lowest BCUT2D eigenvalue weighted by Crippen LogP contribution is -2.46. The van der Waals surface area contributed by atoms with Crippen LogP contribution in [0.3, 0.4) is 0 Å². The molecule has 29 heavy (non-hydrogen) atoms. The lowest BCUT2D eigenvalue weighted by molar-refractivity contribution is -0.134. The van der Waals surface area contributed by atoms with Crippen LogP contribution in [0.15, 0.2) is 42.5 Å². The Bertz CT molecular complexity index is 874. The predicted octanol–water partition coefficient (Wildman–Crippen LogP) is 3.31. The largest absolute Gasteiger partial charge is 0.497 e. The van der Waals surface area contributed by atoms with Gasteiger partial charge < -0.3 is 19.3 Å². The average molecular weight is 396 g/mol. The molecule has 2 amide bonds. The van der Waals surface area contributed by atoms with Gasteiger partial charge in [0.2, 0.25) is 5.91 Å². The van der Waals surface area contributed by atoms with E-state index in [0.717, 1.165) is 6.42 Å². The van der Waals surface area contributed by atoms with E-state index in [0.29, 0.717) is 30.2 Å². The minimum Gasteiger partial charge on any atom is -0.497 e. The number of methoxy groups -OCH3 is 2. The number of benzene rings is 2. The number of fused-ring (bicyclic) bond motifs is 1. The summed E-state index contributed by atoms with van der Waals surface area (Å²) in [4.78, 5) is 29.5. The first-order chi connectivity index (χ1) is 14.0. The van der Waals surface area contributed by atoms with Gasteiger partial charge in [0, 0.05) is 24.7 Å². The summed E-state index contributed by atoms with van der Waals surface area (Å²) in [6.45, 7) is 5.05. The van der Waals surface area contributed by atoms with Crippen molar-refractivity contribution in [2.45, 2.75) is 26.3 Å². The van der Waals surface area contributed by atoms with Crippen molar-refractivity contribution >= 4 is 11.8 Å². The Hall–Kier alpha value is -3.02. The van der Waals surface area contributed by atoms with Crippen LogP contribution in [0.1, 0.15) is 41.4 Å². The van der Waals surface area contributed by atoms with E-state index < -0.39 is 0 Å². The Balaban J connectivity index is 1.76. The van der Waals surface area contributed by atoms with Crippen molar-refractivity contribution in [2.24, 2.45) is 0 Å². The van der Waals surface area contributed by atoms with E-state index in [4.69, 9.17) is 9.47 Å². The van der Waals surface area contributed by atoms with E-state index in [9.17, 15) is 9.59 Å². The summed E-state index contributed by atoms with van der Waals surface area (Å²) in [5.41, 5.74) is 2.91. The second-order valence-corrected chi connectivity index (χ2v) is 7.13. The van der Waals surface area contributed by atoms with Crippen molar-refractivity contribution in [3.63, 3.8) is 0 Å². The molecule has 154 valence electrons. The third-order valence-electron chi connectivity index (χ3n) is 5.51. The molecule has 6 heteroatoms. The highest BCUT2D eigenvalue weighted by atomic mass is 16.5. The highest BCUT2D eigenvalue weighted by Crippen LogP contribution is 2.29. The molecule has 6 nitrogen and oxygen atoms in total. The van der Waals surface area contributed by atoms with E-state index >= 15 is 0 Å². The van der Waals surface area contributed by atoms with Gasteiger partial charge >= 0.3 is 0 Å². The summed E-state index contributed by atoms with van der Waals surface area (Å²) in [5.74, 6) is 0.813. The maximum absolute atomic E-state index is 13.1. The first-order valence-corrected chi connectivity index (χ1v) is 9.88. The standard InChI is InChI=1S/C23H28N2O4/c1-5-24(23(27)18-12-19(28-3)14-20(13-18)29-4)15-22(26)25-11-10-17-8-6-7-9-21(17)16(25)2/h6-9,12-14,16H,5,10-11,15H2,1-4H3. The van der Waals surface area contributed by atoms with Crippen LogP contribution >= 0.6 is 0 Å². The van der Waals surface area contributed by atoms with Crippen LogP contribution in [-0.4, -0.2) is 55.5 Å². The maximum atomic E-state index is 13.1. The highest BCUT2D eigenvalue weighted by molar-refractivity contribution is 5.97. The number of carbonyl (C=O) groups excluding carboxylic acids is 2. The average Bonchev–Trinajstić information content (AvgIpc) is 2.76. The van der Waals surface area contributed by atoms with E-state index in [1.54, 1.807) is 37.3 Å². The molecule has 0 saturated heterocycles. The molecule has 1 atom stereocenters. The molecule has 1 aliphatic heterocycles. The summed E-state index contributed by atoms with van der Waals surface area (Å²) in [6, 6.07) is 13.3. The Kier molecular flexibility index (Phi) is 6.42. The summed E-state index contributed by atoms with van der Waals surface area (Å²) < 4.78 is 10.5. The zero-order chi connectivity index (χ0) is 21.0. The Morgan fingerprint density at radius 1 is 1.10 bits per heavy atom. The number of nitrogens with zero attached hydrogens (tertiary/aromatic N) is 2. The van der Waals surface area contributed by atoms with Crippen molar-refractivity contribution in [1.29, 1.82) is 0 Å². The number of hydrogen-bond donors (Lipinski definition) is 0. The number of amides is 2. The van der Waals surface area contributed by atoms with Gasteiger partial charge in [0.1, 0.15) is 18.0 Å². The first kappa shape index (κ1) is 20.7. The zero-order valence-corrected chi connectivity index (χ0v) is 17.5.